The maximum Gasteiger partial charge on any atom is 0.119 e. The number of ether oxygens (including phenoxy) is 1. The molecular weight excluding hydrogens is 244 g/mol. The molecule has 0 bridgehead atoms. The highest BCUT2D eigenvalue weighted by Gasteiger charge is 2.11. The van der Waals surface area contributed by atoms with Gasteiger partial charge in [0.15, 0.2) is 0 Å². The van der Waals surface area contributed by atoms with Crippen LogP contribution in [0.1, 0.15) is 28.5 Å². The molecule has 1 atom stereocenters. The van der Waals surface area contributed by atoms with Gasteiger partial charge in [0.25, 0.3) is 0 Å². The lowest BCUT2D eigenvalue weighted by Gasteiger charge is -2.11. The summed E-state index contributed by atoms with van der Waals surface area (Å²) in [5.74, 6) is 0.866. The van der Waals surface area contributed by atoms with Crippen molar-refractivity contribution in [1.29, 1.82) is 0 Å². The fraction of sp³-hybridized carbons (Fsp3) is 0.333. The summed E-state index contributed by atoms with van der Waals surface area (Å²) < 4.78 is 5.64. The first-order chi connectivity index (χ1) is 8.66. The standard InChI is InChI=1S/C15H18O2S/c1-11-4-3-5-13(10-11)17-8-6-14(16)15-12(2)7-9-18-15/h3-5,7,9-10,14,16H,6,8H2,1-2H3. The molecular formula is C15H18O2S. The maximum absolute atomic E-state index is 10.1. The molecule has 0 saturated heterocycles. The van der Waals surface area contributed by atoms with Crippen molar-refractivity contribution in [2.24, 2.45) is 0 Å². The van der Waals surface area contributed by atoms with Gasteiger partial charge in [0.2, 0.25) is 0 Å². The lowest BCUT2D eigenvalue weighted by Crippen LogP contribution is -2.05. The van der Waals surface area contributed by atoms with E-state index in [2.05, 4.69) is 0 Å². The van der Waals surface area contributed by atoms with E-state index in [0.29, 0.717) is 13.0 Å². The van der Waals surface area contributed by atoms with Crippen molar-refractivity contribution in [3.8, 4) is 5.75 Å². The van der Waals surface area contributed by atoms with Crippen LogP contribution < -0.4 is 4.74 Å². The lowest BCUT2D eigenvalue weighted by atomic mass is 10.1. The molecule has 3 heteroatoms. The summed E-state index contributed by atoms with van der Waals surface area (Å²) in [4.78, 5) is 1.04. The molecule has 0 aliphatic rings. The Labute approximate surface area is 112 Å². The minimum absolute atomic E-state index is 0.421. The zero-order valence-corrected chi connectivity index (χ0v) is 11.5. The van der Waals surface area contributed by atoms with Crippen LogP contribution in [-0.4, -0.2) is 11.7 Å². The third-order valence-electron chi connectivity index (χ3n) is 2.85. The van der Waals surface area contributed by atoms with Gasteiger partial charge in [-0.2, -0.15) is 0 Å². The van der Waals surface area contributed by atoms with Crippen molar-refractivity contribution in [3.05, 3.63) is 51.7 Å². The van der Waals surface area contributed by atoms with Gasteiger partial charge >= 0.3 is 0 Å². The number of thiophene rings is 1. The van der Waals surface area contributed by atoms with Crippen molar-refractivity contribution >= 4 is 11.3 Å². The second-order valence-electron chi connectivity index (χ2n) is 4.44. The normalized spacial score (nSPS) is 12.4. The predicted octanol–water partition coefficient (Wildman–Crippen LogP) is 3.87. The molecule has 1 heterocycles. The second-order valence-corrected chi connectivity index (χ2v) is 5.38. The minimum Gasteiger partial charge on any atom is -0.493 e. The van der Waals surface area contributed by atoms with Gasteiger partial charge in [-0.15, -0.1) is 11.3 Å². The lowest BCUT2D eigenvalue weighted by molar-refractivity contribution is 0.143. The van der Waals surface area contributed by atoms with Gasteiger partial charge in [-0.05, 0) is 48.6 Å². The van der Waals surface area contributed by atoms with Gasteiger partial charge < -0.3 is 9.84 Å². The maximum atomic E-state index is 10.1. The number of hydrogen-bond acceptors (Lipinski definition) is 3. The molecule has 1 N–H and O–H groups in total. The molecule has 0 spiro atoms. The summed E-state index contributed by atoms with van der Waals surface area (Å²) in [5, 5.41) is 12.1. The van der Waals surface area contributed by atoms with Gasteiger partial charge in [0.1, 0.15) is 5.75 Å². The molecule has 1 aromatic heterocycles. The highest BCUT2D eigenvalue weighted by atomic mass is 32.1. The number of rotatable bonds is 5. The Balaban J connectivity index is 1.84. The van der Waals surface area contributed by atoms with Gasteiger partial charge in [-0.1, -0.05) is 12.1 Å². The average molecular weight is 262 g/mol. The first kappa shape index (κ1) is 13.1. The number of benzene rings is 1. The minimum atomic E-state index is -0.421. The van der Waals surface area contributed by atoms with E-state index in [0.717, 1.165) is 16.2 Å². The summed E-state index contributed by atoms with van der Waals surface area (Å²) in [6.07, 6.45) is 0.199. The van der Waals surface area contributed by atoms with Crippen LogP contribution in [0.4, 0.5) is 0 Å². The number of aliphatic hydroxyl groups excluding tert-OH is 1. The third kappa shape index (κ3) is 3.34. The van der Waals surface area contributed by atoms with Crippen molar-refractivity contribution in [2.45, 2.75) is 26.4 Å². The monoisotopic (exact) mass is 262 g/mol. The summed E-state index contributed by atoms with van der Waals surface area (Å²) in [7, 11) is 0. The third-order valence-corrected chi connectivity index (χ3v) is 3.97. The van der Waals surface area contributed by atoms with Crippen LogP contribution in [0.5, 0.6) is 5.75 Å². The SMILES string of the molecule is Cc1cccc(OCCC(O)c2sccc2C)c1. The number of aliphatic hydroxyl groups is 1. The fourth-order valence-corrected chi connectivity index (χ4v) is 2.80. The molecule has 0 aliphatic heterocycles. The Morgan fingerprint density at radius 3 is 2.78 bits per heavy atom. The molecule has 96 valence electrons. The molecule has 2 nitrogen and oxygen atoms in total. The molecule has 18 heavy (non-hydrogen) atoms. The van der Waals surface area contributed by atoms with Crippen LogP contribution in [0, 0.1) is 13.8 Å². The fourth-order valence-electron chi connectivity index (χ4n) is 1.85. The van der Waals surface area contributed by atoms with Gasteiger partial charge in [0.05, 0.1) is 12.7 Å². The molecule has 0 saturated carbocycles. The Bertz CT molecular complexity index is 505. The van der Waals surface area contributed by atoms with E-state index in [1.54, 1.807) is 11.3 Å². The molecule has 1 unspecified atom stereocenters. The van der Waals surface area contributed by atoms with Crippen LogP contribution in [0.25, 0.3) is 0 Å². The smallest absolute Gasteiger partial charge is 0.119 e. The zero-order chi connectivity index (χ0) is 13.0. The first-order valence-corrected chi connectivity index (χ1v) is 6.96. The van der Waals surface area contributed by atoms with E-state index < -0.39 is 6.10 Å². The first-order valence-electron chi connectivity index (χ1n) is 6.08. The molecule has 1 aromatic carbocycles. The Hall–Kier alpha value is -1.32. The molecule has 0 amide bonds. The highest BCUT2D eigenvalue weighted by molar-refractivity contribution is 7.10. The molecule has 2 aromatic rings. The molecule has 0 fully saturated rings. The van der Waals surface area contributed by atoms with Crippen molar-refractivity contribution < 1.29 is 9.84 Å². The number of hydrogen-bond donors (Lipinski definition) is 1. The predicted molar refractivity (Wildman–Crippen MR) is 75.3 cm³/mol. The topological polar surface area (TPSA) is 29.5 Å². The molecule has 2 rings (SSSR count). The average Bonchev–Trinajstić information content (AvgIpc) is 2.75. The summed E-state index contributed by atoms with van der Waals surface area (Å²) >= 11 is 1.60. The van der Waals surface area contributed by atoms with E-state index in [9.17, 15) is 5.11 Å². The number of aryl methyl sites for hydroxylation is 2. The second kappa shape index (κ2) is 6.03. The Morgan fingerprint density at radius 1 is 1.28 bits per heavy atom. The van der Waals surface area contributed by atoms with Crippen LogP contribution in [0.2, 0.25) is 0 Å². The van der Waals surface area contributed by atoms with E-state index in [1.165, 1.54) is 5.56 Å². The summed E-state index contributed by atoms with van der Waals surface area (Å²) in [6.45, 7) is 4.59. The van der Waals surface area contributed by atoms with Gasteiger partial charge in [0, 0.05) is 11.3 Å². The summed E-state index contributed by atoms with van der Waals surface area (Å²) in [6, 6.07) is 9.99. The van der Waals surface area contributed by atoms with Crippen LogP contribution in [0.15, 0.2) is 35.7 Å². The van der Waals surface area contributed by atoms with E-state index in [4.69, 9.17) is 4.74 Å². The van der Waals surface area contributed by atoms with Crippen molar-refractivity contribution in [1.82, 2.24) is 0 Å². The van der Waals surface area contributed by atoms with Crippen molar-refractivity contribution in [2.75, 3.05) is 6.61 Å². The van der Waals surface area contributed by atoms with E-state index >= 15 is 0 Å². The van der Waals surface area contributed by atoms with Crippen LogP contribution in [0.3, 0.4) is 0 Å². The molecule has 0 aliphatic carbocycles. The van der Waals surface area contributed by atoms with E-state index in [-0.39, 0.29) is 0 Å². The van der Waals surface area contributed by atoms with E-state index in [1.807, 2.05) is 49.6 Å². The summed E-state index contributed by atoms with van der Waals surface area (Å²) in [5.41, 5.74) is 2.34. The zero-order valence-electron chi connectivity index (χ0n) is 10.7. The quantitative estimate of drug-likeness (QED) is 0.886. The Morgan fingerprint density at radius 2 is 2.11 bits per heavy atom. The van der Waals surface area contributed by atoms with Gasteiger partial charge in [-0.25, -0.2) is 0 Å². The van der Waals surface area contributed by atoms with Crippen LogP contribution >= 0.6 is 11.3 Å². The van der Waals surface area contributed by atoms with Crippen LogP contribution in [-0.2, 0) is 0 Å². The Kier molecular flexibility index (Phi) is 4.39. The van der Waals surface area contributed by atoms with Gasteiger partial charge in [-0.3, -0.25) is 0 Å². The highest BCUT2D eigenvalue weighted by Crippen LogP contribution is 2.26. The molecule has 0 radical (unpaired) electrons. The van der Waals surface area contributed by atoms with Crippen molar-refractivity contribution in [3.63, 3.8) is 0 Å². The largest absolute Gasteiger partial charge is 0.493 e.